The normalized spacial score (nSPS) is 15.5. The number of hydrogen-bond donors (Lipinski definition) is 1. The van der Waals surface area contributed by atoms with Gasteiger partial charge in [0, 0.05) is 25.7 Å². The molecule has 1 amide bonds. The van der Waals surface area contributed by atoms with Gasteiger partial charge in [0.2, 0.25) is 5.91 Å². The number of hydrogen-bond acceptors (Lipinski definition) is 6. The van der Waals surface area contributed by atoms with Crippen molar-refractivity contribution in [3.63, 3.8) is 0 Å². The zero-order valence-electron chi connectivity index (χ0n) is 19.9. The van der Waals surface area contributed by atoms with Gasteiger partial charge in [-0.25, -0.2) is 4.39 Å². The minimum absolute atomic E-state index is 0.0407. The number of carbonyl (C=O) groups excluding carboxylic acids is 1. The first kappa shape index (κ1) is 24.3. The van der Waals surface area contributed by atoms with Crippen LogP contribution in [-0.2, 0) is 11.3 Å². The molecule has 184 valence electrons. The molecule has 1 unspecified atom stereocenters. The number of carbonyl (C=O) groups is 1. The number of aromatic nitrogens is 2. The highest BCUT2D eigenvalue weighted by Crippen LogP contribution is 2.28. The summed E-state index contributed by atoms with van der Waals surface area (Å²) in [6, 6.07) is 14.4. The fourth-order valence-corrected chi connectivity index (χ4v) is 4.19. The Morgan fingerprint density at radius 3 is 2.80 bits per heavy atom. The minimum Gasteiger partial charge on any atom is -0.493 e. The topological polar surface area (TPSA) is 85.7 Å². The van der Waals surface area contributed by atoms with Crippen LogP contribution in [0.15, 0.2) is 59.4 Å². The summed E-state index contributed by atoms with van der Waals surface area (Å²) in [6.07, 6.45) is 1.58. The molecule has 9 heteroatoms. The Morgan fingerprint density at radius 1 is 1.17 bits per heavy atom. The molecule has 8 nitrogen and oxygen atoms in total. The zero-order chi connectivity index (χ0) is 24.8. The van der Waals surface area contributed by atoms with Gasteiger partial charge >= 0.3 is 0 Å². The van der Waals surface area contributed by atoms with E-state index in [2.05, 4.69) is 10.4 Å². The Balaban J connectivity index is 1.42. The molecule has 0 bridgehead atoms. The lowest BCUT2D eigenvalue weighted by molar-refractivity contribution is -0.125. The van der Waals surface area contributed by atoms with Crippen molar-refractivity contribution in [3.8, 4) is 17.2 Å². The molecule has 1 N–H and O–H groups in total. The summed E-state index contributed by atoms with van der Waals surface area (Å²) in [5, 5.41) is 7.46. The van der Waals surface area contributed by atoms with Crippen molar-refractivity contribution < 1.29 is 18.7 Å². The second-order valence-electron chi connectivity index (χ2n) is 8.34. The molecule has 0 radical (unpaired) electrons. The molecule has 1 fully saturated rings. The van der Waals surface area contributed by atoms with Crippen LogP contribution in [0.3, 0.4) is 0 Å². The molecule has 1 atom stereocenters. The van der Waals surface area contributed by atoms with E-state index in [4.69, 9.17) is 9.47 Å². The van der Waals surface area contributed by atoms with E-state index < -0.39 is 5.82 Å². The molecule has 0 aliphatic carbocycles. The van der Waals surface area contributed by atoms with E-state index in [-0.39, 0.29) is 17.4 Å². The second-order valence-corrected chi connectivity index (χ2v) is 8.34. The summed E-state index contributed by atoms with van der Waals surface area (Å²) < 4.78 is 25.8. The lowest BCUT2D eigenvalue weighted by Gasteiger charge is -2.33. The van der Waals surface area contributed by atoms with Crippen LogP contribution < -0.4 is 25.2 Å². The lowest BCUT2D eigenvalue weighted by atomic mass is 9.97. The van der Waals surface area contributed by atoms with Crippen LogP contribution >= 0.6 is 0 Å². The molecule has 1 saturated heterocycles. The number of methoxy groups -OCH3 is 1. The average molecular weight is 481 g/mol. The predicted molar refractivity (Wildman–Crippen MR) is 131 cm³/mol. The van der Waals surface area contributed by atoms with E-state index in [1.54, 1.807) is 19.2 Å². The molecule has 0 spiro atoms. The van der Waals surface area contributed by atoms with Gasteiger partial charge in [-0.15, -0.1) is 5.10 Å². The number of anilines is 1. The summed E-state index contributed by atoms with van der Waals surface area (Å²) >= 11 is 0. The minimum atomic E-state index is -0.443. The van der Waals surface area contributed by atoms with Crippen LogP contribution in [0, 0.1) is 11.7 Å². The molecule has 1 aliphatic heterocycles. The highest BCUT2D eigenvalue weighted by atomic mass is 19.1. The first-order valence-electron chi connectivity index (χ1n) is 11.7. The van der Waals surface area contributed by atoms with Crippen molar-refractivity contribution >= 4 is 11.7 Å². The van der Waals surface area contributed by atoms with Gasteiger partial charge in [0.05, 0.1) is 25.3 Å². The smallest absolute Gasteiger partial charge is 0.271 e. The van der Waals surface area contributed by atoms with Gasteiger partial charge in [0.25, 0.3) is 5.56 Å². The van der Waals surface area contributed by atoms with Gasteiger partial charge in [-0.3, -0.25) is 9.59 Å². The summed E-state index contributed by atoms with van der Waals surface area (Å²) in [6.45, 7) is 4.02. The standard InChI is InChI=1S/C26H29FN4O4/c1-3-35-22-10-9-18(14-23(22)34-2)16-28-26(33)19-6-5-13-30(17-19)24-11-12-25(32)31(29-24)21-8-4-7-20(27)15-21/h4,7-12,14-15,19H,3,5-6,13,16-17H2,1-2H3,(H,28,33). The summed E-state index contributed by atoms with van der Waals surface area (Å²) in [5.41, 5.74) is 0.917. The van der Waals surface area contributed by atoms with Crippen molar-refractivity contribution in [2.75, 3.05) is 31.7 Å². The van der Waals surface area contributed by atoms with Gasteiger partial charge in [0.15, 0.2) is 11.5 Å². The van der Waals surface area contributed by atoms with Gasteiger partial charge in [0.1, 0.15) is 11.6 Å². The highest BCUT2D eigenvalue weighted by Gasteiger charge is 2.27. The van der Waals surface area contributed by atoms with Crippen molar-refractivity contribution in [1.29, 1.82) is 0 Å². The molecule has 0 saturated carbocycles. The summed E-state index contributed by atoms with van der Waals surface area (Å²) in [5.74, 6) is 1.16. The molecular formula is C26H29FN4O4. The quantitative estimate of drug-likeness (QED) is 0.533. The fraction of sp³-hybridized carbons (Fsp3) is 0.346. The Labute approximate surface area is 203 Å². The third kappa shape index (κ3) is 5.79. The number of benzene rings is 2. The lowest BCUT2D eigenvalue weighted by Crippen LogP contribution is -2.43. The Hall–Kier alpha value is -3.88. The predicted octanol–water partition coefficient (Wildman–Crippen LogP) is 3.31. The van der Waals surface area contributed by atoms with Crippen molar-refractivity contribution in [2.45, 2.75) is 26.3 Å². The van der Waals surface area contributed by atoms with E-state index in [1.165, 1.54) is 28.9 Å². The summed E-state index contributed by atoms with van der Waals surface area (Å²) in [4.78, 5) is 27.3. The van der Waals surface area contributed by atoms with Crippen molar-refractivity contribution in [3.05, 3.63) is 76.3 Å². The molecule has 35 heavy (non-hydrogen) atoms. The van der Waals surface area contributed by atoms with Crippen LogP contribution in [0.5, 0.6) is 11.5 Å². The maximum absolute atomic E-state index is 13.7. The number of piperidine rings is 1. The number of rotatable bonds is 8. The molecular weight excluding hydrogens is 451 g/mol. The number of nitrogens with one attached hydrogen (secondary N) is 1. The van der Waals surface area contributed by atoms with Crippen LogP contribution in [0.1, 0.15) is 25.3 Å². The number of ether oxygens (including phenoxy) is 2. The van der Waals surface area contributed by atoms with Crippen LogP contribution in [-0.4, -0.2) is 42.5 Å². The third-order valence-corrected chi connectivity index (χ3v) is 5.95. The van der Waals surface area contributed by atoms with Crippen LogP contribution in [0.2, 0.25) is 0 Å². The Morgan fingerprint density at radius 2 is 2.03 bits per heavy atom. The molecule has 1 aliphatic rings. The van der Waals surface area contributed by atoms with Crippen LogP contribution in [0.4, 0.5) is 10.2 Å². The molecule has 3 aromatic rings. The number of halogens is 1. The molecule has 2 heterocycles. The van der Waals surface area contributed by atoms with Crippen molar-refractivity contribution in [2.24, 2.45) is 5.92 Å². The maximum atomic E-state index is 13.7. The fourth-order valence-electron chi connectivity index (χ4n) is 4.19. The van der Waals surface area contributed by atoms with Gasteiger partial charge in [-0.05, 0) is 61.7 Å². The van der Waals surface area contributed by atoms with Gasteiger partial charge in [-0.2, -0.15) is 4.68 Å². The van der Waals surface area contributed by atoms with E-state index in [0.29, 0.717) is 49.2 Å². The molecule has 1 aromatic heterocycles. The van der Waals surface area contributed by atoms with E-state index in [0.717, 1.165) is 18.4 Å². The van der Waals surface area contributed by atoms with E-state index in [9.17, 15) is 14.0 Å². The highest BCUT2D eigenvalue weighted by molar-refractivity contribution is 5.79. The number of amides is 1. The summed E-state index contributed by atoms with van der Waals surface area (Å²) in [7, 11) is 1.59. The first-order chi connectivity index (χ1) is 17.0. The number of nitrogens with zero attached hydrogens (tertiary/aromatic N) is 3. The first-order valence-corrected chi connectivity index (χ1v) is 11.7. The van der Waals surface area contributed by atoms with Crippen molar-refractivity contribution in [1.82, 2.24) is 15.1 Å². The van der Waals surface area contributed by atoms with E-state index >= 15 is 0 Å². The monoisotopic (exact) mass is 480 g/mol. The van der Waals surface area contributed by atoms with Gasteiger partial charge < -0.3 is 19.7 Å². The van der Waals surface area contributed by atoms with E-state index in [1.807, 2.05) is 30.0 Å². The maximum Gasteiger partial charge on any atom is 0.271 e. The Kier molecular flexibility index (Phi) is 7.64. The van der Waals surface area contributed by atoms with Gasteiger partial charge in [-0.1, -0.05) is 12.1 Å². The zero-order valence-corrected chi connectivity index (χ0v) is 19.9. The second kappa shape index (κ2) is 11.0. The largest absolute Gasteiger partial charge is 0.493 e. The van der Waals surface area contributed by atoms with Crippen LogP contribution in [0.25, 0.3) is 5.69 Å². The Bertz CT molecular complexity index is 1250. The third-order valence-electron chi connectivity index (χ3n) is 5.95. The molecule has 2 aromatic carbocycles. The average Bonchev–Trinajstić information content (AvgIpc) is 2.88. The molecule has 4 rings (SSSR count). The SMILES string of the molecule is CCOc1ccc(CNC(=O)C2CCCN(c3ccc(=O)n(-c4cccc(F)c4)n3)C2)cc1OC.